The molecule has 4 aromatic rings. The van der Waals surface area contributed by atoms with Crippen molar-refractivity contribution in [2.75, 3.05) is 0 Å². The minimum absolute atomic E-state index is 0. The standard InChI is InChI=1S/C27H37Si3.C13H10.2ClH.Zr/c1-28(2,3)23-16-12-15-20-17-22-21(19-13-10-11-14-19)18-24(29(4,5)6)27(30(7,8)9)26(22)25(20)23;1-3-7-12(8-4-1)11-13-9-5-2-6-10-13;;;/h10-13,15-18H,14H2,1-9H3;1-10H;2*1H;/q;;;;+2/p-2. The SMILES string of the molecule is C[Si](C)(C)c1cccc2c1-c1c(c(C3=CC=CC3)cc([Si](C)(C)C)c1[Si](C)(C)C)[CH]2[Zr+2]=[C](c1ccccc1)c1ccccc1.[Cl-].[Cl-]. The van der Waals surface area contributed by atoms with Crippen molar-refractivity contribution in [1.82, 2.24) is 0 Å². The van der Waals surface area contributed by atoms with Crippen molar-refractivity contribution >= 4 is 48.6 Å². The average molecular weight is 774 g/mol. The van der Waals surface area contributed by atoms with Crippen molar-refractivity contribution in [2.45, 2.75) is 69.0 Å². The van der Waals surface area contributed by atoms with E-state index in [9.17, 15) is 0 Å². The summed E-state index contributed by atoms with van der Waals surface area (Å²) in [5, 5.41) is 5.16. The molecular weight excluding hydrogens is 727 g/mol. The topological polar surface area (TPSA) is 0 Å². The first-order chi connectivity index (χ1) is 20.8. The molecule has 0 fully saturated rings. The van der Waals surface area contributed by atoms with Gasteiger partial charge in [0.1, 0.15) is 0 Å². The summed E-state index contributed by atoms with van der Waals surface area (Å²) >= 11 is -1.22. The van der Waals surface area contributed by atoms with E-state index in [0.717, 1.165) is 6.42 Å². The zero-order valence-corrected chi connectivity index (χ0v) is 35.8. The van der Waals surface area contributed by atoms with Gasteiger partial charge < -0.3 is 24.8 Å². The summed E-state index contributed by atoms with van der Waals surface area (Å²) in [6.07, 6.45) is 8.12. The fourth-order valence-corrected chi connectivity index (χ4v) is 18.9. The van der Waals surface area contributed by atoms with E-state index in [-0.39, 0.29) is 24.8 Å². The van der Waals surface area contributed by atoms with E-state index in [2.05, 4.69) is 162 Å². The molecule has 46 heavy (non-hydrogen) atoms. The Labute approximate surface area is 304 Å². The monoisotopic (exact) mass is 771 g/mol. The number of rotatable bonds is 7. The van der Waals surface area contributed by atoms with Gasteiger partial charge in [0.15, 0.2) is 0 Å². The molecule has 0 amide bonds. The molecule has 0 aliphatic heterocycles. The Balaban J connectivity index is 0.00000240. The van der Waals surface area contributed by atoms with Crippen molar-refractivity contribution in [2.24, 2.45) is 0 Å². The second-order valence-corrected chi connectivity index (χ2v) is 34.1. The van der Waals surface area contributed by atoms with Crippen LogP contribution in [0, 0.1) is 0 Å². The van der Waals surface area contributed by atoms with E-state index in [1.165, 1.54) is 16.7 Å². The predicted octanol–water partition coefficient (Wildman–Crippen LogP) is 3.09. The van der Waals surface area contributed by atoms with Crippen LogP contribution in [0.3, 0.4) is 0 Å². The molecule has 0 saturated heterocycles. The van der Waals surface area contributed by atoms with Crippen molar-refractivity contribution in [3.63, 3.8) is 0 Å². The van der Waals surface area contributed by atoms with Crippen LogP contribution in [0.4, 0.5) is 0 Å². The molecule has 0 heterocycles. The third kappa shape index (κ3) is 7.05. The smallest absolute Gasteiger partial charge is 1.00 e. The molecule has 1 unspecified atom stereocenters. The number of hydrogen-bond donors (Lipinski definition) is 0. The summed E-state index contributed by atoms with van der Waals surface area (Å²) in [4.78, 5) is 0. The normalized spacial score (nSPS) is 15.2. The first-order valence-corrected chi connectivity index (χ1v) is 29.4. The third-order valence-corrected chi connectivity index (χ3v) is 19.8. The first-order valence-electron chi connectivity index (χ1n) is 16.2. The van der Waals surface area contributed by atoms with Gasteiger partial charge in [-0.2, -0.15) is 0 Å². The van der Waals surface area contributed by atoms with E-state index >= 15 is 0 Å². The molecule has 237 valence electrons. The van der Waals surface area contributed by atoms with Gasteiger partial charge in [-0.1, -0.05) is 0 Å². The van der Waals surface area contributed by atoms with Crippen LogP contribution >= 0.6 is 0 Å². The second kappa shape index (κ2) is 14.1. The Kier molecular flexibility index (Phi) is 11.4. The number of hydrogen-bond acceptors (Lipinski definition) is 0. The van der Waals surface area contributed by atoms with Crippen molar-refractivity contribution in [3.8, 4) is 11.1 Å². The Hall–Kier alpha value is -1.66. The zero-order valence-electron chi connectivity index (χ0n) is 28.9. The van der Waals surface area contributed by atoms with Gasteiger partial charge in [0.05, 0.1) is 0 Å². The summed E-state index contributed by atoms with van der Waals surface area (Å²) in [6.45, 7) is 23.2. The van der Waals surface area contributed by atoms with Crippen LogP contribution in [0.15, 0.2) is 103 Å². The van der Waals surface area contributed by atoms with Gasteiger partial charge in [-0.15, -0.1) is 0 Å². The van der Waals surface area contributed by atoms with E-state index in [1.807, 2.05) is 0 Å². The fraction of sp³-hybridized carbons (Fsp3) is 0.275. The van der Waals surface area contributed by atoms with Gasteiger partial charge in [0.25, 0.3) is 0 Å². The summed E-state index contributed by atoms with van der Waals surface area (Å²) in [6, 6.07) is 32.8. The van der Waals surface area contributed by atoms with Crippen molar-refractivity contribution in [3.05, 3.63) is 131 Å². The molecule has 0 N–H and O–H groups in total. The molecule has 0 nitrogen and oxygen atoms in total. The Morgan fingerprint density at radius 3 is 1.67 bits per heavy atom. The van der Waals surface area contributed by atoms with E-state index < -0.39 is 47.0 Å². The Bertz CT molecular complexity index is 1780. The van der Waals surface area contributed by atoms with Crippen LogP contribution in [0.2, 0.25) is 58.9 Å². The molecule has 2 aliphatic carbocycles. The zero-order chi connectivity index (χ0) is 31.4. The molecule has 0 aromatic heterocycles. The van der Waals surface area contributed by atoms with E-state index in [0.29, 0.717) is 3.63 Å². The summed E-state index contributed by atoms with van der Waals surface area (Å²) in [7, 11) is -5.02. The summed E-state index contributed by atoms with van der Waals surface area (Å²) in [5.41, 5.74) is 12.6. The summed E-state index contributed by atoms with van der Waals surface area (Å²) < 4.78 is 2.10. The molecular formula is C40H47Cl2Si3Zr. The van der Waals surface area contributed by atoms with Gasteiger partial charge >= 0.3 is 282 Å². The van der Waals surface area contributed by atoms with Crippen molar-refractivity contribution < 1.29 is 47.6 Å². The maximum atomic E-state index is 2.73. The molecule has 0 saturated carbocycles. The molecule has 0 bridgehead atoms. The van der Waals surface area contributed by atoms with E-state index in [4.69, 9.17) is 0 Å². The average Bonchev–Trinajstić information content (AvgIpc) is 3.61. The van der Waals surface area contributed by atoms with Gasteiger partial charge in [-0.3, -0.25) is 0 Å². The van der Waals surface area contributed by atoms with Crippen LogP contribution in [-0.2, 0) is 22.8 Å². The molecule has 6 heteroatoms. The minimum Gasteiger partial charge on any atom is -1.00 e. The molecule has 0 spiro atoms. The van der Waals surface area contributed by atoms with Gasteiger partial charge in [-0.05, 0) is 0 Å². The third-order valence-electron chi connectivity index (χ3n) is 9.21. The quantitative estimate of drug-likeness (QED) is 0.254. The van der Waals surface area contributed by atoms with Crippen LogP contribution in [0.1, 0.15) is 37.9 Å². The Morgan fingerprint density at radius 2 is 1.20 bits per heavy atom. The van der Waals surface area contributed by atoms with Gasteiger partial charge in [0, 0.05) is 0 Å². The molecule has 0 radical (unpaired) electrons. The van der Waals surface area contributed by atoms with Gasteiger partial charge in [0.2, 0.25) is 0 Å². The Morgan fingerprint density at radius 1 is 0.630 bits per heavy atom. The number of halogens is 2. The number of benzene rings is 4. The molecule has 6 rings (SSSR count). The fourth-order valence-electron chi connectivity index (χ4n) is 7.25. The number of allylic oxidation sites excluding steroid dienone is 4. The molecule has 4 aromatic carbocycles. The molecule has 2 aliphatic rings. The van der Waals surface area contributed by atoms with Gasteiger partial charge in [-0.25, -0.2) is 0 Å². The van der Waals surface area contributed by atoms with Crippen LogP contribution in [0.5, 0.6) is 0 Å². The second-order valence-electron chi connectivity index (χ2n) is 15.7. The summed E-state index contributed by atoms with van der Waals surface area (Å²) in [5.74, 6) is 0. The first kappa shape index (κ1) is 37.2. The number of fused-ring (bicyclic) bond motifs is 3. The van der Waals surface area contributed by atoms with Crippen LogP contribution in [0.25, 0.3) is 16.7 Å². The predicted molar refractivity (Wildman–Crippen MR) is 200 cm³/mol. The van der Waals surface area contributed by atoms with E-state index in [1.54, 1.807) is 46.6 Å². The maximum absolute atomic E-state index is 2.73. The van der Waals surface area contributed by atoms with Crippen LogP contribution < -0.4 is 40.4 Å². The maximum Gasteiger partial charge on any atom is -1.00 e. The van der Waals surface area contributed by atoms with Crippen molar-refractivity contribution in [1.29, 1.82) is 0 Å². The largest absolute Gasteiger partial charge is 1.00 e. The molecule has 1 atom stereocenters. The van der Waals surface area contributed by atoms with Crippen LogP contribution in [-0.4, -0.2) is 27.4 Å². The minimum atomic E-state index is -1.73.